The van der Waals surface area contributed by atoms with Gasteiger partial charge >= 0.3 is 11.9 Å². The molecule has 0 amide bonds. The predicted molar refractivity (Wildman–Crippen MR) is 92.5 cm³/mol. The largest absolute Gasteiger partial charge is 0.481 e. The summed E-state index contributed by atoms with van der Waals surface area (Å²) in [5.41, 5.74) is 0. The van der Waals surface area contributed by atoms with Gasteiger partial charge in [0.2, 0.25) is 6.29 Å². The van der Waals surface area contributed by atoms with Crippen molar-refractivity contribution >= 4 is 17.9 Å². The molecule has 0 radical (unpaired) electrons. The number of carbonyl (C=O) groups excluding carboxylic acids is 2. The zero-order valence-electron chi connectivity index (χ0n) is 15.6. The summed E-state index contributed by atoms with van der Waals surface area (Å²) in [6.07, 6.45) is 8.33. The van der Waals surface area contributed by atoms with Crippen LogP contribution < -0.4 is 0 Å². The van der Waals surface area contributed by atoms with Crippen LogP contribution in [-0.2, 0) is 23.9 Å². The van der Waals surface area contributed by atoms with Crippen LogP contribution in [-0.4, -0.2) is 29.3 Å². The van der Waals surface area contributed by atoms with Crippen LogP contribution in [0, 0.1) is 0 Å². The molecule has 0 bridgehead atoms. The molecule has 6 nitrogen and oxygen atoms in total. The van der Waals surface area contributed by atoms with E-state index in [4.69, 9.17) is 19.4 Å². The molecule has 0 aliphatic heterocycles. The Bertz CT molecular complexity index is 310. The van der Waals surface area contributed by atoms with E-state index in [0.717, 1.165) is 58.3 Å². The van der Waals surface area contributed by atoms with Gasteiger partial charge in [0.15, 0.2) is 0 Å². The molecule has 0 aromatic heterocycles. The van der Waals surface area contributed by atoms with E-state index in [0.29, 0.717) is 12.8 Å². The van der Waals surface area contributed by atoms with Crippen molar-refractivity contribution < 1.29 is 29.0 Å². The van der Waals surface area contributed by atoms with Crippen molar-refractivity contribution in [3.05, 3.63) is 0 Å². The molecule has 1 N–H and O–H groups in total. The number of ether oxygens (including phenoxy) is 2. The molecule has 0 saturated carbocycles. The van der Waals surface area contributed by atoms with Crippen molar-refractivity contribution in [3.63, 3.8) is 0 Å². The van der Waals surface area contributed by atoms with Gasteiger partial charge in [-0.25, -0.2) is 0 Å². The summed E-state index contributed by atoms with van der Waals surface area (Å²) in [6.45, 7) is 6.93. The van der Waals surface area contributed by atoms with Crippen LogP contribution in [0.15, 0.2) is 0 Å². The average Bonchev–Trinajstić information content (AvgIpc) is 2.47. The van der Waals surface area contributed by atoms with Gasteiger partial charge in [-0.2, -0.15) is 0 Å². The van der Waals surface area contributed by atoms with Crippen molar-refractivity contribution in [1.82, 2.24) is 0 Å². The smallest absolute Gasteiger partial charge is 0.308 e. The van der Waals surface area contributed by atoms with E-state index in [1.807, 2.05) is 0 Å². The molecule has 0 saturated heterocycles. The minimum atomic E-state index is -0.833. The lowest BCUT2D eigenvalue weighted by Crippen LogP contribution is -2.21. The number of hydrogen-bond acceptors (Lipinski definition) is 5. The molecule has 0 spiro atoms. The second-order valence-corrected chi connectivity index (χ2v) is 5.69. The number of esters is 2. The van der Waals surface area contributed by atoms with Gasteiger partial charge in [0, 0.05) is 26.7 Å². The molecule has 0 atom stereocenters. The van der Waals surface area contributed by atoms with Gasteiger partial charge in [-0.1, -0.05) is 52.4 Å². The lowest BCUT2D eigenvalue weighted by atomic mass is 10.1. The van der Waals surface area contributed by atoms with Crippen molar-refractivity contribution in [1.29, 1.82) is 0 Å². The van der Waals surface area contributed by atoms with Crippen LogP contribution in [0.5, 0.6) is 0 Å². The van der Waals surface area contributed by atoms with E-state index in [1.165, 1.54) is 0 Å². The van der Waals surface area contributed by atoms with Gasteiger partial charge < -0.3 is 14.6 Å². The van der Waals surface area contributed by atoms with E-state index in [9.17, 15) is 9.59 Å². The Balaban J connectivity index is 0. The van der Waals surface area contributed by atoms with Crippen molar-refractivity contribution in [2.24, 2.45) is 0 Å². The van der Waals surface area contributed by atoms with E-state index >= 15 is 0 Å². The fourth-order valence-corrected chi connectivity index (χ4v) is 1.90. The van der Waals surface area contributed by atoms with E-state index in [1.54, 1.807) is 6.92 Å². The first-order valence-electron chi connectivity index (χ1n) is 8.91. The second-order valence-electron chi connectivity index (χ2n) is 5.69. The van der Waals surface area contributed by atoms with E-state index in [2.05, 4.69) is 13.8 Å². The molecule has 0 rings (SSSR count). The molecule has 142 valence electrons. The quantitative estimate of drug-likeness (QED) is 0.319. The van der Waals surface area contributed by atoms with Gasteiger partial charge in [-0.3, -0.25) is 14.4 Å². The Morgan fingerprint density at radius 1 is 0.792 bits per heavy atom. The molecular formula is C18H34O6. The summed E-state index contributed by atoms with van der Waals surface area (Å²) in [7, 11) is 0. The van der Waals surface area contributed by atoms with Crippen LogP contribution >= 0.6 is 0 Å². The standard InChI is InChI=1S/C16H30O4.C2H4O2/c1-4-6-8-10-12-15(17)19-14(3)20-16(18)13-11-9-7-5-2;1-2(3)4/h14H,4-13H2,1-3H3;1H3,(H,3,4). The predicted octanol–water partition coefficient (Wildman–Crippen LogP) is 4.45. The summed E-state index contributed by atoms with van der Waals surface area (Å²) in [4.78, 5) is 32.0. The summed E-state index contributed by atoms with van der Waals surface area (Å²) in [6, 6.07) is 0. The molecular weight excluding hydrogens is 312 g/mol. The monoisotopic (exact) mass is 346 g/mol. The SMILES string of the molecule is CC(=O)O.CCCCCCC(=O)OC(C)OC(=O)CCCCCC. The van der Waals surface area contributed by atoms with Crippen molar-refractivity contribution in [2.75, 3.05) is 0 Å². The highest BCUT2D eigenvalue weighted by atomic mass is 16.7. The highest BCUT2D eigenvalue weighted by Gasteiger charge is 2.13. The maximum absolute atomic E-state index is 11.5. The number of unbranched alkanes of at least 4 members (excludes halogenated alkanes) is 6. The molecule has 0 aromatic rings. The Kier molecular flexibility index (Phi) is 18.2. The van der Waals surface area contributed by atoms with Crippen LogP contribution in [0.2, 0.25) is 0 Å². The molecule has 24 heavy (non-hydrogen) atoms. The first-order chi connectivity index (χ1) is 11.3. The number of rotatable bonds is 12. The zero-order chi connectivity index (χ0) is 18.8. The van der Waals surface area contributed by atoms with Gasteiger partial charge in [0.25, 0.3) is 5.97 Å². The van der Waals surface area contributed by atoms with Crippen LogP contribution in [0.25, 0.3) is 0 Å². The third-order valence-electron chi connectivity index (χ3n) is 3.06. The molecule has 0 aromatic carbocycles. The summed E-state index contributed by atoms with van der Waals surface area (Å²) < 4.78 is 10.1. The normalized spacial score (nSPS) is 9.88. The number of carbonyl (C=O) groups is 3. The fraction of sp³-hybridized carbons (Fsp3) is 0.833. The average molecular weight is 346 g/mol. The summed E-state index contributed by atoms with van der Waals surface area (Å²) in [5, 5.41) is 7.42. The lowest BCUT2D eigenvalue weighted by Gasteiger charge is -2.14. The van der Waals surface area contributed by atoms with Crippen LogP contribution in [0.1, 0.15) is 91.9 Å². The topological polar surface area (TPSA) is 89.9 Å². The number of hydrogen-bond donors (Lipinski definition) is 1. The van der Waals surface area contributed by atoms with Gasteiger partial charge in [-0.15, -0.1) is 0 Å². The minimum Gasteiger partial charge on any atom is -0.481 e. The number of carboxylic acids is 1. The maximum Gasteiger partial charge on any atom is 0.308 e. The number of aliphatic carboxylic acids is 1. The van der Waals surface area contributed by atoms with Gasteiger partial charge in [-0.05, 0) is 12.8 Å². The highest BCUT2D eigenvalue weighted by molar-refractivity contribution is 5.71. The zero-order valence-corrected chi connectivity index (χ0v) is 15.6. The van der Waals surface area contributed by atoms with Crippen molar-refractivity contribution in [2.45, 2.75) is 98.2 Å². The van der Waals surface area contributed by atoms with Gasteiger partial charge in [0.1, 0.15) is 0 Å². The molecule has 0 aliphatic carbocycles. The Morgan fingerprint density at radius 3 is 1.42 bits per heavy atom. The third-order valence-corrected chi connectivity index (χ3v) is 3.06. The Hall–Kier alpha value is -1.59. The molecule has 0 unspecified atom stereocenters. The fourth-order valence-electron chi connectivity index (χ4n) is 1.90. The van der Waals surface area contributed by atoms with E-state index < -0.39 is 12.3 Å². The van der Waals surface area contributed by atoms with Crippen LogP contribution in [0.4, 0.5) is 0 Å². The molecule has 0 heterocycles. The van der Waals surface area contributed by atoms with Gasteiger partial charge in [0.05, 0.1) is 0 Å². The maximum atomic E-state index is 11.5. The lowest BCUT2D eigenvalue weighted by molar-refractivity contribution is -0.184. The summed E-state index contributed by atoms with van der Waals surface area (Å²) in [5.74, 6) is -1.40. The third kappa shape index (κ3) is 22.7. The first-order valence-corrected chi connectivity index (χ1v) is 8.91. The molecule has 0 aliphatic rings. The first kappa shape index (κ1) is 24.7. The summed E-state index contributed by atoms with van der Waals surface area (Å²) >= 11 is 0. The molecule has 0 fully saturated rings. The number of carboxylic acid groups (broad SMARTS) is 1. The minimum absolute atomic E-state index is 0.285. The van der Waals surface area contributed by atoms with Crippen molar-refractivity contribution in [3.8, 4) is 0 Å². The highest BCUT2D eigenvalue weighted by Crippen LogP contribution is 2.08. The van der Waals surface area contributed by atoms with E-state index in [-0.39, 0.29) is 11.9 Å². The second kappa shape index (κ2) is 17.8. The Labute approximate surface area is 145 Å². The molecule has 6 heteroatoms. The van der Waals surface area contributed by atoms with Crippen LogP contribution in [0.3, 0.4) is 0 Å². The Morgan fingerprint density at radius 2 is 1.12 bits per heavy atom.